The van der Waals surface area contributed by atoms with Gasteiger partial charge in [-0.25, -0.2) is 0 Å². The molecule has 0 saturated carbocycles. The Labute approximate surface area is 128 Å². The smallest absolute Gasteiger partial charge is 0.119 e. The quantitative estimate of drug-likeness (QED) is 0.485. The van der Waals surface area contributed by atoms with Gasteiger partial charge in [-0.1, -0.05) is 24.3 Å². The van der Waals surface area contributed by atoms with Crippen LogP contribution in [0.2, 0.25) is 0 Å². The van der Waals surface area contributed by atoms with E-state index in [1.54, 1.807) is 7.11 Å². The first-order valence-corrected chi connectivity index (χ1v) is 7.87. The minimum atomic E-state index is 0.931. The maximum absolute atomic E-state index is 5.44. The molecule has 0 atom stereocenters. The molecule has 2 nitrogen and oxygen atoms in total. The van der Waals surface area contributed by atoms with E-state index in [0.29, 0.717) is 0 Å². The van der Waals surface area contributed by atoms with Gasteiger partial charge in [-0.15, -0.1) is 0 Å². The minimum absolute atomic E-state index is 0.931. The van der Waals surface area contributed by atoms with E-state index in [2.05, 4.69) is 53.1 Å². The van der Waals surface area contributed by atoms with E-state index in [1.165, 1.54) is 51.0 Å². The third-order valence-electron chi connectivity index (χ3n) is 4.99. The van der Waals surface area contributed by atoms with Crippen LogP contribution in [0.4, 0.5) is 0 Å². The summed E-state index contributed by atoms with van der Waals surface area (Å²) in [4.78, 5) is 0. The molecule has 0 spiro atoms. The third kappa shape index (κ3) is 1.45. The number of aryl methyl sites for hydroxylation is 2. The zero-order valence-corrected chi connectivity index (χ0v) is 12.6. The SMILES string of the molecule is COc1ccc2c(c1)c1cc3ccccc3c3c1n2CCC3. The maximum atomic E-state index is 5.44. The standard InChI is InChI=1S/C20H17NO/c1-22-14-8-9-19-17(12-14)18-11-13-5-2-3-6-15(13)16-7-4-10-21(19)20(16)18/h2-3,5-6,8-9,11-12H,4,7,10H2,1H3. The van der Waals surface area contributed by atoms with Crippen molar-refractivity contribution in [1.29, 1.82) is 0 Å². The molecular formula is C20H17NO. The summed E-state index contributed by atoms with van der Waals surface area (Å²) in [6.45, 7) is 1.11. The number of fused-ring (bicyclic) bond motifs is 5. The number of benzene rings is 3. The molecule has 22 heavy (non-hydrogen) atoms. The van der Waals surface area contributed by atoms with Crippen LogP contribution in [0.15, 0.2) is 48.5 Å². The van der Waals surface area contributed by atoms with E-state index in [9.17, 15) is 0 Å². The molecule has 0 amide bonds. The molecule has 1 aliphatic rings. The van der Waals surface area contributed by atoms with Crippen molar-refractivity contribution in [2.45, 2.75) is 19.4 Å². The second-order valence-electron chi connectivity index (χ2n) is 6.11. The Bertz CT molecular complexity index is 1040. The normalized spacial score (nSPS) is 14.0. The molecule has 0 N–H and O–H groups in total. The lowest BCUT2D eigenvalue weighted by atomic mass is 9.95. The zero-order chi connectivity index (χ0) is 14.7. The lowest BCUT2D eigenvalue weighted by molar-refractivity contribution is 0.415. The average Bonchev–Trinajstić information content (AvgIpc) is 2.90. The topological polar surface area (TPSA) is 14.2 Å². The first kappa shape index (κ1) is 12.1. The van der Waals surface area contributed by atoms with E-state index in [-0.39, 0.29) is 0 Å². The molecule has 108 valence electrons. The van der Waals surface area contributed by atoms with Gasteiger partial charge in [-0.05, 0) is 53.4 Å². The molecular weight excluding hydrogens is 270 g/mol. The van der Waals surface area contributed by atoms with Crippen molar-refractivity contribution in [1.82, 2.24) is 4.57 Å². The van der Waals surface area contributed by atoms with Crippen LogP contribution in [0, 0.1) is 0 Å². The largest absolute Gasteiger partial charge is 0.497 e. The lowest BCUT2D eigenvalue weighted by Gasteiger charge is -2.18. The van der Waals surface area contributed by atoms with E-state index < -0.39 is 0 Å². The monoisotopic (exact) mass is 287 g/mol. The second-order valence-corrected chi connectivity index (χ2v) is 6.11. The van der Waals surface area contributed by atoms with Crippen LogP contribution >= 0.6 is 0 Å². The second kappa shape index (κ2) is 4.26. The zero-order valence-electron chi connectivity index (χ0n) is 12.6. The van der Waals surface area contributed by atoms with Gasteiger partial charge in [-0.3, -0.25) is 0 Å². The van der Waals surface area contributed by atoms with Gasteiger partial charge < -0.3 is 9.30 Å². The number of nitrogens with zero attached hydrogens (tertiary/aromatic N) is 1. The van der Waals surface area contributed by atoms with Crippen LogP contribution in [-0.4, -0.2) is 11.7 Å². The molecule has 2 heterocycles. The third-order valence-corrected chi connectivity index (χ3v) is 4.99. The van der Waals surface area contributed by atoms with Gasteiger partial charge in [0.1, 0.15) is 5.75 Å². The molecule has 0 aliphatic carbocycles. The highest BCUT2D eigenvalue weighted by molar-refractivity contribution is 6.15. The lowest BCUT2D eigenvalue weighted by Crippen LogP contribution is -2.07. The first-order chi connectivity index (χ1) is 10.9. The average molecular weight is 287 g/mol. The van der Waals surface area contributed by atoms with Crippen molar-refractivity contribution in [3.63, 3.8) is 0 Å². The molecule has 0 fully saturated rings. The van der Waals surface area contributed by atoms with Gasteiger partial charge in [0.15, 0.2) is 0 Å². The molecule has 0 bridgehead atoms. The van der Waals surface area contributed by atoms with Crippen LogP contribution in [-0.2, 0) is 13.0 Å². The summed E-state index contributed by atoms with van der Waals surface area (Å²) in [5.41, 5.74) is 4.26. The molecule has 4 aromatic rings. The first-order valence-electron chi connectivity index (χ1n) is 7.87. The van der Waals surface area contributed by atoms with Crippen LogP contribution in [0.1, 0.15) is 12.0 Å². The molecule has 0 unspecified atom stereocenters. The van der Waals surface area contributed by atoms with Crippen LogP contribution < -0.4 is 4.74 Å². The summed E-state index contributed by atoms with van der Waals surface area (Å²) >= 11 is 0. The number of methoxy groups -OCH3 is 1. The van der Waals surface area contributed by atoms with Crippen LogP contribution in [0.25, 0.3) is 32.6 Å². The number of hydrogen-bond acceptors (Lipinski definition) is 1. The van der Waals surface area contributed by atoms with E-state index in [0.717, 1.165) is 12.3 Å². The molecule has 1 aliphatic heterocycles. The fraction of sp³-hybridized carbons (Fsp3) is 0.200. The number of ether oxygens (including phenoxy) is 1. The van der Waals surface area contributed by atoms with Crippen molar-refractivity contribution in [3.8, 4) is 5.75 Å². The van der Waals surface area contributed by atoms with E-state index >= 15 is 0 Å². The van der Waals surface area contributed by atoms with Gasteiger partial charge >= 0.3 is 0 Å². The predicted molar refractivity (Wildman–Crippen MR) is 91.8 cm³/mol. The highest BCUT2D eigenvalue weighted by Crippen LogP contribution is 2.39. The van der Waals surface area contributed by atoms with Gasteiger partial charge in [-0.2, -0.15) is 0 Å². The predicted octanol–water partition coefficient (Wildman–Crippen LogP) is 4.90. The Morgan fingerprint density at radius 3 is 2.77 bits per heavy atom. The summed E-state index contributed by atoms with van der Waals surface area (Å²) in [6.07, 6.45) is 2.39. The van der Waals surface area contributed by atoms with Crippen LogP contribution in [0.5, 0.6) is 5.75 Å². The van der Waals surface area contributed by atoms with E-state index in [1.807, 2.05) is 0 Å². The minimum Gasteiger partial charge on any atom is -0.497 e. The molecule has 5 rings (SSSR count). The number of rotatable bonds is 1. The summed E-state index contributed by atoms with van der Waals surface area (Å²) in [5, 5.41) is 5.42. The maximum Gasteiger partial charge on any atom is 0.119 e. The molecule has 0 radical (unpaired) electrons. The summed E-state index contributed by atoms with van der Waals surface area (Å²) in [5.74, 6) is 0.931. The van der Waals surface area contributed by atoms with Crippen LogP contribution in [0.3, 0.4) is 0 Å². The Balaban J connectivity index is 2.06. The fourth-order valence-electron chi connectivity index (χ4n) is 4.04. The number of hydrogen-bond donors (Lipinski definition) is 0. The van der Waals surface area contributed by atoms with Gasteiger partial charge in [0.05, 0.1) is 12.6 Å². The summed E-state index contributed by atoms with van der Waals surface area (Å²) in [6, 6.07) is 17.6. The molecule has 2 heteroatoms. The fourth-order valence-corrected chi connectivity index (χ4v) is 4.04. The highest BCUT2D eigenvalue weighted by atomic mass is 16.5. The van der Waals surface area contributed by atoms with Gasteiger partial charge in [0.2, 0.25) is 0 Å². The van der Waals surface area contributed by atoms with Crippen molar-refractivity contribution < 1.29 is 4.74 Å². The summed E-state index contributed by atoms with van der Waals surface area (Å²) in [7, 11) is 1.74. The van der Waals surface area contributed by atoms with Crippen molar-refractivity contribution in [3.05, 3.63) is 54.1 Å². The molecule has 0 saturated heterocycles. The van der Waals surface area contributed by atoms with Crippen molar-refractivity contribution in [2.24, 2.45) is 0 Å². The molecule has 3 aromatic carbocycles. The summed E-state index contributed by atoms with van der Waals surface area (Å²) < 4.78 is 7.93. The number of aromatic nitrogens is 1. The van der Waals surface area contributed by atoms with Gasteiger partial charge in [0.25, 0.3) is 0 Å². The Hall–Kier alpha value is -2.48. The van der Waals surface area contributed by atoms with E-state index in [4.69, 9.17) is 4.74 Å². The Morgan fingerprint density at radius 1 is 0.955 bits per heavy atom. The Morgan fingerprint density at radius 2 is 1.86 bits per heavy atom. The Kier molecular flexibility index (Phi) is 2.34. The molecule has 1 aromatic heterocycles. The van der Waals surface area contributed by atoms with Crippen molar-refractivity contribution in [2.75, 3.05) is 7.11 Å². The highest BCUT2D eigenvalue weighted by Gasteiger charge is 2.20. The van der Waals surface area contributed by atoms with Gasteiger partial charge in [0, 0.05) is 22.8 Å². The van der Waals surface area contributed by atoms with Crippen molar-refractivity contribution >= 4 is 32.6 Å².